The van der Waals surface area contributed by atoms with E-state index in [9.17, 15) is 4.79 Å². The number of carbonyl (C=O) groups is 1. The predicted molar refractivity (Wildman–Crippen MR) is 85.3 cm³/mol. The lowest BCUT2D eigenvalue weighted by Gasteiger charge is -2.45. The van der Waals surface area contributed by atoms with Crippen LogP contribution in [0.1, 0.15) is 58.8 Å². The summed E-state index contributed by atoms with van der Waals surface area (Å²) in [5.41, 5.74) is -0.558. The number of carbonyl (C=O) groups excluding carboxylic acids is 1. The molecule has 3 unspecified atom stereocenters. The van der Waals surface area contributed by atoms with Crippen LogP contribution in [-0.4, -0.2) is 49.2 Å². The van der Waals surface area contributed by atoms with Crippen LogP contribution in [0.3, 0.4) is 0 Å². The molecule has 1 aliphatic heterocycles. The number of piperidine rings is 1. The standard InChI is InChI=1S/C17H32N2O2/c1-4-21-16(20)17(2,18-3)11-13-19-12-7-9-14-8-5-6-10-15(14)19/h14-15,18H,4-13H2,1-3H3. The maximum absolute atomic E-state index is 12.1. The fraction of sp³-hybridized carbons (Fsp3) is 0.941. The summed E-state index contributed by atoms with van der Waals surface area (Å²) in [6.45, 7) is 6.48. The van der Waals surface area contributed by atoms with Crippen molar-refractivity contribution >= 4 is 5.97 Å². The summed E-state index contributed by atoms with van der Waals surface area (Å²) < 4.78 is 5.22. The lowest BCUT2D eigenvalue weighted by Crippen LogP contribution is -2.53. The number of nitrogens with zero attached hydrogens (tertiary/aromatic N) is 1. The highest BCUT2D eigenvalue weighted by atomic mass is 16.5. The topological polar surface area (TPSA) is 41.6 Å². The van der Waals surface area contributed by atoms with Gasteiger partial charge in [0.15, 0.2) is 0 Å². The molecule has 1 N–H and O–H groups in total. The zero-order valence-corrected chi connectivity index (χ0v) is 14.0. The molecule has 4 heteroatoms. The monoisotopic (exact) mass is 296 g/mol. The zero-order chi connectivity index (χ0) is 15.3. The second-order valence-corrected chi connectivity index (χ2v) is 6.84. The van der Waals surface area contributed by atoms with Crippen molar-refractivity contribution in [1.29, 1.82) is 0 Å². The highest BCUT2D eigenvalue weighted by Gasteiger charge is 2.37. The van der Waals surface area contributed by atoms with Gasteiger partial charge in [0.05, 0.1) is 6.61 Å². The van der Waals surface area contributed by atoms with Crippen molar-refractivity contribution in [2.24, 2.45) is 5.92 Å². The third-order valence-corrected chi connectivity index (χ3v) is 5.53. The van der Waals surface area contributed by atoms with Crippen LogP contribution in [0.2, 0.25) is 0 Å². The van der Waals surface area contributed by atoms with Gasteiger partial charge in [0, 0.05) is 12.6 Å². The first kappa shape index (κ1) is 16.8. The Kier molecular flexibility index (Phi) is 6.06. The molecule has 1 heterocycles. The maximum Gasteiger partial charge on any atom is 0.326 e. The summed E-state index contributed by atoms with van der Waals surface area (Å²) in [7, 11) is 1.86. The highest BCUT2D eigenvalue weighted by molar-refractivity contribution is 5.80. The van der Waals surface area contributed by atoms with Gasteiger partial charge >= 0.3 is 5.97 Å². The minimum Gasteiger partial charge on any atom is -0.465 e. The summed E-state index contributed by atoms with van der Waals surface area (Å²) in [6.07, 6.45) is 9.08. The maximum atomic E-state index is 12.1. The molecule has 122 valence electrons. The SMILES string of the molecule is CCOC(=O)C(C)(CCN1CCCC2CCCCC21)NC. The van der Waals surface area contributed by atoms with Gasteiger partial charge in [0.1, 0.15) is 5.54 Å². The molecule has 21 heavy (non-hydrogen) atoms. The Morgan fingerprint density at radius 1 is 1.29 bits per heavy atom. The summed E-state index contributed by atoms with van der Waals surface area (Å²) in [5.74, 6) is 0.778. The van der Waals surface area contributed by atoms with Gasteiger partial charge < -0.3 is 15.0 Å². The van der Waals surface area contributed by atoms with E-state index in [4.69, 9.17) is 4.74 Å². The van der Waals surface area contributed by atoms with Crippen LogP contribution in [0.4, 0.5) is 0 Å². The minimum absolute atomic E-state index is 0.121. The fourth-order valence-corrected chi connectivity index (χ4v) is 3.99. The molecule has 0 aromatic rings. The number of esters is 1. The predicted octanol–water partition coefficient (Wildman–Crippen LogP) is 2.57. The van der Waals surface area contributed by atoms with E-state index in [1.165, 1.54) is 45.1 Å². The molecule has 0 bridgehead atoms. The second-order valence-electron chi connectivity index (χ2n) is 6.84. The fourth-order valence-electron chi connectivity index (χ4n) is 3.99. The van der Waals surface area contributed by atoms with Gasteiger partial charge in [0.2, 0.25) is 0 Å². The Bertz CT molecular complexity index is 346. The third kappa shape index (κ3) is 3.98. The molecule has 1 saturated carbocycles. The average molecular weight is 296 g/mol. The van der Waals surface area contributed by atoms with Crippen LogP contribution < -0.4 is 5.32 Å². The van der Waals surface area contributed by atoms with Gasteiger partial charge in [-0.25, -0.2) is 0 Å². The minimum atomic E-state index is -0.558. The molecule has 1 aliphatic carbocycles. The van der Waals surface area contributed by atoms with Crippen molar-refractivity contribution < 1.29 is 9.53 Å². The number of likely N-dealkylation sites (N-methyl/N-ethyl adjacent to an activating group) is 1. The molecule has 2 rings (SSSR count). The Labute approximate surface area is 129 Å². The normalized spacial score (nSPS) is 29.5. The van der Waals surface area contributed by atoms with Crippen molar-refractivity contribution in [2.45, 2.75) is 70.4 Å². The number of hydrogen-bond acceptors (Lipinski definition) is 4. The van der Waals surface area contributed by atoms with Crippen molar-refractivity contribution in [1.82, 2.24) is 10.2 Å². The van der Waals surface area contributed by atoms with E-state index in [0.29, 0.717) is 6.61 Å². The van der Waals surface area contributed by atoms with Crippen molar-refractivity contribution in [2.75, 3.05) is 26.7 Å². The molecule has 0 aromatic heterocycles. The van der Waals surface area contributed by atoms with Crippen LogP contribution in [0.25, 0.3) is 0 Å². The molecule has 0 radical (unpaired) electrons. The number of hydrogen-bond donors (Lipinski definition) is 1. The van der Waals surface area contributed by atoms with Gasteiger partial charge in [0.25, 0.3) is 0 Å². The largest absolute Gasteiger partial charge is 0.465 e. The van der Waals surface area contributed by atoms with E-state index in [1.54, 1.807) is 0 Å². The quantitative estimate of drug-likeness (QED) is 0.765. The van der Waals surface area contributed by atoms with Crippen LogP contribution in [0.15, 0.2) is 0 Å². The highest BCUT2D eigenvalue weighted by Crippen LogP contribution is 2.35. The zero-order valence-electron chi connectivity index (χ0n) is 14.0. The van der Waals surface area contributed by atoms with Gasteiger partial charge in [-0.3, -0.25) is 4.79 Å². The van der Waals surface area contributed by atoms with E-state index in [2.05, 4.69) is 10.2 Å². The summed E-state index contributed by atoms with van der Waals surface area (Å²) in [5, 5.41) is 3.17. The smallest absolute Gasteiger partial charge is 0.326 e. The Balaban J connectivity index is 1.92. The van der Waals surface area contributed by atoms with E-state index in [1.807, 2.05) is 20.9 Å². The van der Waals surface area contributed by atoms with Crippen LogP contribution in [0, 0.1) is 5.92 Å². The summed E-state index contributed by atoms with van der Waals surface area (Å²) in [6, 6.07) is 0.760. The Morgan fingerprint density at radius 2 is 2.00 bits per heavy atom. The molecular weight excluding hydrogens is 264 g/mol. The lowest BCUT2D eigenvalue weighted by atomic mass is 9.78. The number of nitrogens with one attached hydrogen (secondary N) is 1. The van der Waals surface area contributed by atoms with Crippen molar-refractivity contribution in [3.8, 4) is 0 Å². The lowest BCUT2D eigenvalue weighted by molar-refractivity contribution is -0.150. The average Bonchev–Trinajstić information content (AvgIpc) is 2.52. The molecular formula is C17H32N2O2. The van der Waals surface area contributed by atoms with Crippen LogP contribution >= 0.6 is 0 Å². The van der Waals surface area contributed by atoms with Gasteiger partial charge in [-0.15, -0.1) is 0 Å². The number of likely N-dealkylation sites (tertiary alicyclic amines) is 1. The summed E-state index contributed by atoms with van der Waals surface area (Å²) in [4.78, 5) is 14.8. The van der Waals surface area contributed by atoms with Gasteiger partial charge in [-0.1, -0.05) is 12.8 Å². The first-order valence-electron chi connectivity index (χ1n) is 8.71. The molecule has 0 spiro atoms. The van der Waals surface area contributed by atoms with E-state index >= 15 is 0 Å². The van der Waals surface area contributed by atoms with Crippen LogP contribution in [0.5, 0.6) is 0 Å². The van der Waals surface area contributed by atoms with Gasteiger partial charge in [-0.2, -0.15) is 0 Å². The number of rotatable bonds is 6. The van der Waals surface area contributed by atoms with Crippen molar-refractivity contribution in [3.63, 3.8) is 0 Å². The summed E-state index contributed by atoms with van der Waals surface area (Å²) >= 11 is 0. The van der Waals surface area contributed by atoms with Crippen LogP contribution in [-0.2, 0) is 9.53 Å². The van der Waals surface area contributed by atoms with E-state index < -0.39 is 5.54 Å². The van der Waals surface area contributed by atoms with Crippen molar-refractivity contribution in [3.05, 3.63) is 0 Å². The molecule has 3 atom stereocenters. The second kappa shape index (κ2) is 7.59. The molecule has 0 aromatic carbocycles. The van der Waals surface area contributed by atoms with Gasteiger partial charge in [-0.05, 0) is 65.5 Å². The number of ether oxygens (including phenoxy) is 1. The molecule has 2 aliphatic rings. The molecule has 4 nitrogen and oxygen atoms in total. The number of fused-ring (bicyclic) bond motifs is 1. The molecule has 1 saturated heterocycles. The molecule has 0 amide bonds. The molecule has 2 fully saturated rings. The first-order valence-corrected chi connectivity index (χ1v) is 8.71. The van der Waals surface area contributed by atoms with E-state index in [0.717, 1.165) is 24.9 Å². The Hall–Kier alpha value is -0.610. The first-order chi connectivity index (χ1) is 10.1. The van der Waals surface area contributed by atoms with E-state index in [-0.39, 0.29) is 5.97 Å². The Morgan fingerprint density at radius 3 is 2.71 bits per heavy atom. The third-order valence-electron chi connectivity index (χ3n) is 5.53.